The summed E-state index contributed by atoms with van der Waals surface area (Å²) in [6.07, 6.45) is 0.121. The number of aliphatic carboxylic acids is 1. The molecule has 6 rings (SSSR count). The number of carbonyl (C=O) groups excluding carboxylic acids is 1. The smallest absolute Gasteiger partial charge is 0.309 e. The summed E-state index contributed by atoms with van der Waals surface area (Å²) in [6, 6.07) is 31.7. The molecule has 0 saturated carbocycles. The highest BCUT2D eigenvalue weighted by atomic mass is 35.5. The number of nitrogens with zero attached hydrogens (tertiary/aromatic N) is 2. The maximum Gasteiger partial charge on any atom is 0.309 e. The fraction of sp³-hybridized carbons (Fsp3) is 0.162. The van der Waals surface area contributed by atoms with E-state index in [9.17, 15) is 14.7 Å². The predicted octanol–water partition coefficient (Wildman–Crippen LogP) is 9.01. The van der Waals surface area contributed by atoms with Gasteiger partial charge in [-0.25, -0.2) is 4.98 Å². The highest BCUT2D eigenvalue weighted by Gasteiger charge is 2.33. The van der Waals surface area contributed by atoms with E-state index in [1.807, 2.05) is 83.4 Å². The maximum absolute atomic E-state index is 14.3. The minimum absolute atomic E-state index is 0.121. The van der Waals surface area contributed by atoms with Gasteiger partial charge in [0.2, 0.25) is 0 Å². The molecule has 0 aliphatic rings. The predicted molar refractivity (Wildman–Crippen MR) is 179 cm³/mol. The molecule has 0 aliphatic carbocycles. The molecule has 1 N–H and O–H groups in total. The first-order chi connectivity index (χ1) is 21.6. The average molecular weight is 638 g/mol. The number of rotatable bonds is 10. The third kappa shape index (κ3) is 6.44. The van der Waals surface area contributed by atoms with Crippen LogP contribution in [-0.2, 0) is 24.4 Å². The summed E-state index contributed by atoms with van der Waals surface area (Å²) < 4.78 is 8.24. The number of carboxylic acids is 1. The summed E-state index contributed by atoms with van der Waals surface area (Å²) in [5, 5.41) is 13.0. The normalized spacial score (nSPS) is 11.6. The zero-order chi connectivity index (χ0) is 31.7. The molecule has 6 aromatic rings. The summed E-state index contributed by atoms with van der Waals surface area (Å²) in [6.45, 7) is 3.98. The second-order valence-corrected chi connectivity index (χ2v) is 12.6. The van der Waals surface area contributed by atoms with Crippen molar-refractivity contribution >= 4 is 56.8 Å². The van der Waals surface area contributed by atoms with Gasteiger partial charge in [0.1, 0.15) is 12.4 Å². The summed E-state index contributed by atoms with van der Waals surface area (Å²) in [7, 11) is 0. The molecule has 0 atom stereocenters. The van der Waals surface area contributed by atoms with Crippen molar-refractivity contribution in [3.8, 4) is 5.75 Å². The standard InChI is InChI=1S/C37H30Cl2N2O4/c1-37(2,36(43)44)20-33-34(35(42)25-9-14-27(39)15-10-25)30-19-29(45-22-28-16-11-24-5-3-4-6-31(24)40-28)17-18-32(30)41(33)21-23-7-12-26(38)13-8-23/h3-19H,20-22H2,1-2H3,(H,43,44). The Morgan fingerprint density at radius 1 is 0.867 bits per heavy atom. The van der Waals surface area contributed by atoms with Crippen LogP contribution in [0, 0.1) is 5.41 Å². The van der Waals surface area contributed by atoms with Gasteiger partial charge in [0.25, 0.3) is 0 Å². The van der Waals surface area contributed by atoms with Crippen molar-refractivity contribution in [2.24, 2.45) is 5.41 Å². The number of benzene rings is 4. The molecule has 226 valence electrons. The molecule has 2 heterocycles. The largest absolute Gasteiger partial charge is 0.487 e. The molecule has 45 heavy (non-hydrogen) atoms. The number of hydrogen-bond acceptors (Lipinski definition) is 4. The van der Waals surface area contributed by atoms with Crippen LogP contribution in [-0.4, -0.2) is 26.4 Å². The molecule has 2 aromatic heterocycles. The van der Waals surface area contributed by atoms with Gasteiger partial charge in [0.05, 0.1) is 22.2 Å². The zero-order valence-electron chi connectivity index (χ0n) is 24.8. The van der Waals surface area contributed by atoms with Crippen LogP contribution in [0.4, 0.5) is 0 Å². The van der Waals surface area contributed by atoms with E-state index in [0.717, 1.165) is 27.7 Å². The number of fused-ring (bicyclic) bond motifs is 2. The SMILES string of the molecule is CC(C)(Cc1c(C(=O)c2ccc(Cl)cc2)c2cc(OCc3ccc4ccccc4n3)ccc2n1Cc1ccc(Cl)cc1)C(=O)O. The van der Waals surface area contributed by atoms with Crippen LogP contribution in [0.25, 0.3) is 21.8 Å². The second kappa shape index (κ2) is 12.4. The average Bonchev–Trinajstić information content (AvgIpc) is 3.32. The number of carbonyl (C=O) groups is 2. The number of aromatic nitrogens is 2. The Morgan fingerprint density at radius 3 is 2.27 bits per heavy atom. The first-order valence-corrected chi connectivity index (χ1v) is 15.3. The Balaban J connectivity index is 1.49. The van der Waals surface area contributed by atoms with Gasteiger partial charge in [-0.2, -0.15) is 0 Å². The molecule has 6 nitrogen and oxygen atoms in total. The Kier molecular flexibility index (Phi) is 8.36. The van der Waals surface area contributed by atoms with Crippen molar-refractivity contribution in [2.45, 2.75) is 33.4 Å². The third-order valence-corrected chi connectivity index (χ3v) is 8.47. The molecule has 0 bridgehead atoms. The molecule has 0 saturated heterocycles. The van der Waals surface area contributed by atoms with Crippen molar-refractivity contribution in [3.05, 3.63) is 141 Å². The lowest BCUT2D eigenvalue weighted by Crippen LogP contribution is -2.28. The van der Waals surface area contributed by atoms with Gasteiger partial charge < -0.3 is 14.4 Å². The first kappa shape index (κ1) is 30.4. The topological polar surface area (TPSA) is 81.4 Å². The highest BCUT2D eigenvalue weighted by Crippen LogP contribution is 2.36. The van der Waals surface area contributed by atoms with Crippen LogP contribution >= 0.6 is 23.2 Å². The highest BCUT2D eigenvalue weighted by molar-refractivity contribution is 6.31. The van der Waals surface area contributed by atoms with Gasteiger partial charge in [-0.3, -0.25) is 9.59 Å². The molecule has 0 aliphatic heterocycles. The number of pyridine rings is 1. The van der Waals surface area contributed by atoms with E-state index < -0.39 is 11.4 Å². The Hall–Kier alpha value is -4.65. The number of hydrogen-bond donors (Lipinski definition) is 1. The van der Waals surface area contributed by atoms with Crippen molar-refractivity contribution < 1.29 is 19.4 Å². The van der Waals surface area contributed by atoms with E-state index in [1.54, 1.807) is 38.1 Å². The second-order valence-electron chi connectivity index (χ2n) is 11.7. The number of halogens is 2. The Labute approximate surface area is 270 Å². The maximum atomic E-state index is 14.3. The van der Waals surface area contributed by atoms with E-state index in [1.165, 1.54) is 0 Å². The van der Waals surface area contributed by atoms with Crippen LogP contribution in [0.2, 0.25) is 10.0 Å². The fourth-order valence-electron chi connectivity index (χ4n) is 5.45. The van der Waals surface area contributed by atoms with E-state index in [4.69, 9.17) is 32.9 Å². The Morgan fingerprint density at radius 2 is 1.56 bits per heavy atom. The molecule has 0 radical (unpaired) electrons. The molecule has 4 aromatic carbocycles. The fourth-order valence-corrected chi connectivity index (χ4v) is 5.70. The molecular weight excluding hydrogens is 607 g/mol. The summed E-state index contributed by atoms with van der Waals surface area (Å²) >= 11 is 12.3. The number of ketones is 1. The monoisotopic (exact) mass is 636 g/mol. The van der Waals surface area contributed by atoms with Crippen molar-refractivity contribution in [3.63, 3.8) is 0 Å². The lowest BCUT2D eigenvalue weighted by Gasteiger charge is -2.22. The molecule has 0 unspecified atom stereocenters. The molecule has 8 heteroatoms. The zero-order valence-corrected chi connectivity index (χ0v) is 26.3. The summed E-state index contributed by atoms with van der Waals surface area (Å²) in [5.74, 6) is -0.617. The van der Waals surface area contributed by atoms with E-state index in [0.29, 0.717) is 44.5 Å². The third-order valence-electron chi connectivity index (χ3n) is 7.96. The van der Waals surface area contributed by atoms with Gasteiger partial charge in [0.15, 0.2) is 5.78 Å². The van der Waals surface area contributed by atoms with Crippen LogP contribution in [0.1, 0.15) is 46.7 Å². The quantitative estimate of drug-likeness (QED) is 0.152. The number of carboxylic acid groups (broad SMARTS) is 1. The molecular formula is C37H30Cl2N2O4. The van der Waals surface area contributed by atoms with Crippen LogP contribution in [0.5, 0.6) is 5.75 Å². The molecule has 0 fully saturated rings. The summed E-state index contributed by atoms with van der Waals surface area (Å²) in [5.41, 5.74) is 3.76. The van der Waals surface area contributed by atoms with Crippen molar-refractivity contribution in [2.75, 3.05) is 0 Å². The number of ether oxygens (including phenoxy) is 1. The summed E-state index contributed by atoms with van der Waals surface area (Å²) in [4.78, 5) is 31.4. The minimum Gasteiger partial charge on any atom is -0.487 e. The van der Waals surface area contributed by atoms with Crippen LogP contribution < -0.4 is 4.74 Å². The van der Waals surface area contributed by atoms with Gasteiger partial charge in [-0.1, -0.05) is 59.6 Å². The van der Waals surface area contributed by atoms with Crippen molar-refractivity contribution in [1.82, 2.24) is 9.55 Å². The van der Waals surface area contributed by atoms with Gasteiger partial charge in [0, 0.05) is 50.6 Å². The van der Waals surface area contributed by atoms with Crippen molar-refractivity contribution in [1.29, 1.82) is 0 Å². The van der Waals surface area contributed by atoms with Gasteiger partial charge in [-0.05, 0) is 86.1 Å². The Bertz CT molecular complexity index is 2050. The van der Waals surface area contributed by atoms with Crippen LogP contribution in [0.15, 0.2) is 103 Å². The van der Waals surface area contributed by atoms with Crippen LogP contribution in [0.3, 0.4) is 0 Å². The lowest BCUT2D eigenvalue weighted by atomic mass is 9.85. The van der Waals surface area contributed by atoms with E-state index >= 15 is 0 Å². The minimum atomic E-state index is -1.15. The molecule has 0 amide bonds. The number of para-hydroxylation sites is 1. The van der Waals surface area contributed by atoms with E-state index in [2.05, 4.69) is 0 Å². The van der Waals surface area contributed by atoms with Gasteiger partial charge in [-0.15, -0.1) is 0 Å². The molecule has 0 spiro atoms. The lowest BCUT2D eigenvalue weighted by molar-refractivity contribution is -0.146. The van der Waals surface area contributed by atoms with Gasteiger partial charge >= 0.3 is 5.97 Å². The first-order valence-electron chi connectivity index (χ1n) is 14.5. The van der Waals surface area contributed by atoms with E-state index in [-0.39, 0.29) is 18.8 Å².